The molecule has 114 valence electrons. The topological polar surface area (TPSA) is 70.5 Å². The molecule has 0 radical (unpaired) electrons. The molecule has 1 aliphatic rings. The van der Waals surface area contributed by atoms with Crippen LogP contribution in [0, 0.1) is 17.3 Å². The molecule has 5 nitrogen and oxygen atoms in total. The molecule has 1 fully saturated rings. The lowest BCUT2D eigenvalue weighted by atomic mass is 9.83. The zero-order valence-electron chi connectivity index (χ0n) is 12.3. The Bertz CT molecular complexity index is 662. The quantitative estimate of drug-likeness (QED) is 0.834. The lowest BCUT2D eigenvalue weighted by Gasteiger charge is -2.36. The Balaban J connectivity index is 2.24. The third-order valence-corrected chi connectivity index (χ3v) is 5.60. The van der Waals surface area contributed by atoms with Gasteiger partial charge in [0.15, 0.2) is 0 Å². The molecule has 0 unspecified atom stereocenters. The van der Waals surface area contributed by atoms with Crippen LogP contribution >= 0.6 is 0 Å². The second-order valence-corrected chi connectivity index (χ2v) is 7.88. The van der Waals surface area contributed by atoms with Crippen molar-refractivity contribution in [1.29, 1.82) is 0 Å². The van der Waals surface area contributed by atoms with E-state index in [2.05, 4.69) is 30.7 Å². The normalized spacial score (nSPS) is 18.8. The molecule has 1 aliphatic heterocycles. The second-order valence-electron chi connectivity index (χ2n) is 5.94. The fourth-order valence-electron chi connectivity index (χ4n) is 2.25. The molecular formula is C15H20N2O3S. The van der Waals surface area contributed by atoms with Crippen molar-refractivity contribution in [2.45, 2.75) is 31.6 Å². The van der Waals surface area contributed by atoms with Crippen molar-refractivity contribution in [1.82, 2.24) is 9.29 Å². The van der Waals surface area contributed by atoms with Crippen LogP contribution in [0.3, 0.4) is 0 Å². The molecule has 6 heteroatoms. The molecule has 0 aromatic carbocycles. The van der Waals surface area contributed by atoms with Crippen molar-refractivity contribution in [2.75, 3.05) is 19.7 Å². The molecule has 1 aromatic rings. The van der Waals surface area contributed by atoms with Gasteiger partial charge in [-0.05, 0) is 24.3 Å². The van der Waals surface area contributed by atoms with Crippen LogP contribution in [0.1, 0.15) is 32.3 Å². The van der Waals surface area contributed by atoms with E-state index in [1.807, 2.05) is 0 Å². The van der Waals surface area contributed by atoms with Gasteiger partial charge >= 0.3 is 0 Å². The molecule has 0 aliphatic carbocycles. The Labute approximate surface area is 126 Å². The molecule has 0 spiro atoms. The molecule has 1 aromatic heterocycles. The van der Waals surface area contributed by atoms with Gasteiger partial charge in [-0.3, -0.25) is 4.98 Å². The number of hydrogen-bond acceptors (Lipinski definition) is 4. The summed E-state index contributed by atoms with van der Waals surface area (Å²) in [4.78, 5) is 4.10. The minimum Gasteiger partial charge on any atom is -0.384 e. The summed E-state index contributed by atoms with van der Waals surface area (Å²) in [6.45, 7) is 5.11. The van der Waals surface area contributed by atoms with E-state index in [1.54, 1.807) is 0 Å². The number of aliphatic hydroxyl groups is 1. The van der Waals surface area contributed by atoms with Gasteiger partial charge in [0.1, 0.15) is 11.5 Å². The van der Waals surface area contributed by atoms with E-state index in [9.17, 15) is 8.42 Å². The van der Waals surface area contributed by atoms with Crippen LogP contribution in [-0.2, 0) is 10.0 Å². The molecule has 1 N–H and O–H groups in total. The Kier molecular flexibility index (Phi) is 4.67. The summed E-state index contributed by atoms with van der Waals surface area (Å²) >= 11 is 0. The lowest BCUT2D eigenvalue weighted by Crippen LogP contribution is -2.41. The van der Waals surface area contributed by atoms with E-state index < -0.39 is 10.0 Å². The van der Waals surface area contributed by atoms with Gasteiger partial charge in [-0.2, -0.15) is 4.31 Å². The van der Waals surface area contributed by atoms with Gasteiger partial charge in [-0.1, -0.05) is 25.7 Å². The first-order chi connectivity index (χ1) is 9.85. The highest BCUT2D eigenvalue weighted by Gasteiger charge is 2.32. The minimum absolute atomic E-state index is 0.159. The van der Waals surface area contributed by atoms with Crippen LogP contribution in [0.15, 0.2) is 23.4 Å². The van der Waals surface area contributed by atoms with Crippen molar-refractivity contribution in [3.8, 4) is 11.8 Å². The minimum atomic E-state index is -3.52. The fraction of sp³-hybridized carbons (Fsp3) is 0.533. The molecule has 2 heterocycles. The van der Waals surface area contributed by atoms with Gasteiger partial charge in [0.2, 0.25) is 10.0 Å². The predicted molar refractivity (Wildman–Crippen MR) is 80.0 cm³/mol. The first kappa shape index (κ1) is 16.0. The zero-order chi connectivity index (χ0) is 15.5. The molecule has 2 rings (SSSR count). The smallest absolute Gasteiger partial charge is 0.244 e. The molecule has 0 bridgehead atoms. The number of hydrogen-bond donors (Lipinski definition) is 1. The number of pyridine rings is 1. The van der Waals surface area contributed by atoms with Gasteiger partial charge in [0.05, 0.1) is 0 Å². The molecule has 21 heavy (non-hydrogen) atoms. The van der Waals surface area contributed by atoms with Gasteiger partial charge in [-0.15, -0.1) is 0 Å². The lowest BCUT2D eigenvalue weighted by molar-refractivity contribution is 0.196. The number of aliphatic hydroxyl groups excluding tert-OH is 1. The highest BCUT2D eigenvalue weighted by Crippen LogP contribution is 2.32. The molecular weight excluding hydrogens is 288 g/mol. The van der Waals surface area contributed by atoms with Gasteiger partial charge in [0, 0.05) is 31.0 Å². The summed E-state index contributed by atoms with van der Waals surface area (Å²) in [6, 6.07) is 1.50. The highest BCUT2D eigenvalue weighted by atomic mass is 32.2. The standard InChI is InChI=1S/C15H20N2O3S/c1-15(2)5-7-17(8-6-15)21(19,20)14-10-13(4-3-9-18)11-16-12-14/h10-12,18H,5-9H2,1-2H3. The first-order valence-corrected chi connectivity index (χ1v) is 8.34. The van der Waals surface area contributed by atoms with Crippen LogP contribution in [0.5, 0.6) is 0 Å². The van der Waals surface area contributed by atoms with Crippen molar-refractivity contribution in [3.05, 3.63) is 24.0 Å². The van der Waals surface area contributed by atoms with Gasteiger partial charge < -0.3 is 5.11 Å². The molecule has 0 atom stereocenters. The average molecular weight is 308 g/mol. The summed E-state index contributed by atoms with van der Waals surface area (Å²) in [7, 11) is -3.52. The van der Waals surface area contributed by atoms with Crippen LogP contribution in [0.25, 0.3) is 0 Å². The van der Waals surface area contributed by atoms with E-state index in [4.69, 9.17) is 5.11 Å². The average Bonchev–Trinajstić information content (AvgIpc) is 2.45. The summed E-state index contributed by atoms with van der Waals surface area (Å²) in [5.74, 6) is 5.17. The monoisotopic (exact) mass is 308 g/mol. The van der Waals surface area contributed by atoms with E-state index in [1.165, 1.54) is 22.8 Å². The maximum Gasteiger partial charge on any atom is 0.244 e. The molecule has 1 saturated heterocycles. The van der Waals surface area contributed by atoms with Crippen LogP contribution in [0.4, 0.5) is 0 Å². The second kappa shape index (κ2) is 6.14. The fourth-order valence-corrected chi connectivity index (χ4v) is 3.68. The van der Waals surface area contributed by atoms with Crippen molar-refractivity contribution >= 4 is 10.0 Å². The third-order valence-electron chi connectivity index (χ3n) is 3.74. The Morgan fingerprint density at radius 1 is 1.33 bits per heavy atom. The Morgan fingerprint density at radius 2 is 2.00 bits per heavy atom. The van der Waals surface area contributed by atoms with Crippen molar-refractivity contribution < 1.29 is 13.5 Å². The highest BCUT2D eigenvalue weighted by molar-refractivity contribution is 7.89. The number of rotatable bonds is 2. The SMILES string of the molecule is CC1(C)CCN(S(=O)(=O)c2cncc(C#CCO)c2)CC1. The maximum atomic E-state index is 12.6. The predicted octanol–water partition coefficient (Wildman–Crippen LogP) is 1.24. The van der Waals surface area contributed by atoms with E-state index in [0.717, 1.165) is 12.8 Å². The van der Waals surface area contributed by atoms with E-state index in [-0.39, 0.29) is 16.9 Å². The Hall–Kier alpha value is -1.42. The summed E-state index contributed by atoms with van der Waals surface area (Å²) in [6.07, 6.45) is 4.54. The maximum absolute atomic E-state index is 12.6. The van der Waals surface area contributed by atoms with Crippen molar-refractivity contribution in [2.24, 2.45) is 5.41 Å². The van der Waals surface area contributed by atoms with Gasteiger partial charge in [0.25, 0.3) is 0 Å². The van der Waals surface area contributed by atoms with Crippen molar-refractivity contribution in [3.63, 3.8) is 0 Å². The van der Waals surface area contributed by atoms with E-state index in [0.29, 0.717) is 18.7 Å². The number of nitrogens with zero attached hydrogens (tertiary/aromatic N) is 2. The third kappa shape index (κ3) is 3.82. The Morgan fingerprint density at radius 3 is 2.62 bits per heavy atom. The molecule has 0 saturated carbocycles. The number of piperidine rings is 1. The summed E-state index contributed by atoms with van der Waals surface area (Å²) < 4.78 is 26.7. The zero-order valence-corrected chi connectivity index (χ0v) is 13.2. The van der Waals surface area contributed by atoms with Crippen LogP contribution in [-0.4, -0.2) is 42.5 Å². The summed E-state index contributed by atoms with van der Waals surface area (Å²) in [5, 5.41) is 8.69. The molecule has 0 amide bonds. The summed E-state index contributed by atoms with van der Waals surface area (Å²) in [5.41, 5.74) is 0.682. The van der Waals surface area contributed by atoms with Crippen LogP contribution in [0.2, 0.25) is 0 Å². The largest absolute Gasteiger partial charge is 0.384 e. The van der Waals surface area contributed by atoms with Gasteiger partial charge in [-0.25, -0.2) is 8.42 Å². The van der Waals surface area contributed by atoms with Crippen LogP contribution < -0.4 is 0 Å². The number of sulfonamides is 1. The first-order valence-electron chi connectivity index (χ1n) is 6.90. The number of aromatic nitrogens is 1. The van der Waals surface area contributed by atoms with E-state index >= 15 is 0 Å².